The summed E-state index contributed by atoms with van der Waals surface area (Å²) in [6.45, 7) is 3.12. The highest BCUT2D eigenvalue weighted by Crippen LogP contribution is 2.47. The van der Waals surface area contributed by atoms with E-state index in [-0.39, 0.29) is 22.0 Å². The first-order chi connectivity index (χ1) is 13.5. The van der Waals surface area contributed by atoms with Gasteiger partial charge in [-0.2, -0.15) is 12.7 Å². The summed E-state index contributed by atoms with van der Waals surface area (Å²) in [6.07, 6.45) is 0.552. The van der Waals surface area contributed by atoms with E-state index in [1.54, 1.807) is 24.7 Å². The molecule has 4 rings (SSSR count). The average Bonchev–Trinajstić information content (AvgIpc) is 3.23. The summed E-state index contributed by atoms with van der Waals surface area (Å²) in [6, 6.07) is -0.334. The third-order valence-electron chi connectivity index (χ3n) is 5.14. The number of carbonyl (C=O) groups is 1. The molecule has 0 bridgehead atoms. The number of aromatic nitrogens is 4. The van der Waals surface area contributed by atoms with Crippen LogP contribution in [0.25, 0.3) is 11.2 Å². The van der Waals surface area contributed by atoms with Gasteiger partial charge in [-0.05, 0) is 20.3 Å². The molecule has 1 saturated heterocycles. The summed E-state index contributed by atoms with van der Waals surface area (Å²) in [4.78, 5) is 23.8. The van der Waals surface area contributed by atoms with E-state index in [0.717, 1.165) is 0 Å². The summed E-state index contributed by atoms with van der Waals surface area (Å²) in [5.41, 5.74) is 0.910. The molecular formula is C15H19ClN6O6S. The fourth-order valence-corrected chi connectivity index (χ4v) is 4.87. The molecule has 158 valence electrons. The highest BCUT2D eigenvalue weighted by molar-refractivity contribution is 7.87. The van der Waals surface area contributed by atoms with Crippen molar-refractivity contribution in [3.05, 3.63) is 17.8 Å². The minimum Gasteiger partial charge on any atom is -0.464 e. The number of halogens is 1. The van der Waals surface area contributed by atoms with Gasteiger partial charge in [-0.1, -0.05) is 11.6 Å². The van der Waals surface area contributed by atoms with Gasteiger partial charge in [-0.15, -0.1) is 0 Å². The molecule has 1 amide bonds. The van der Waals surface area contributed by atoms with Gasteiger partial charge in [0.25, 0.3) is 0 Å². The summed E-state index contributed by atoms with van der Waals surface area (Å²) < 4.78 is 37.4. The van der Waals surface area contributed by atoms with E-state index in [9.17, 15) is 18.3 Å². The van der Waals surface area contributed by atoms with Gasteiger partial charge in [-0.25, -0.2) is 24.9 Å². The minimum atomic E-state index is -4.44. The fourth-order valence-electron chi connectivity index (χ4n) is 4.08. The lowest BCUT2D eigenvalue weighted by Gasteiger charge is -2.26. The Kier molecular flexibility index (Phi) is 4.70. The molecular weight excluding hydrogens is 428 g/mol. The molecule has 2 aromatic rings. The quantitative estimate of drug-likeness (QED) is 0.644. The Balaban J connectivity index is 1.71. The molecule has 12 nitrogen and oxygen atoms in total. The van der Waals surface area contributed by atoms with Gasteiger partial charge < -0.3 is 19.1 Å². The van der Waals surface area contributed by atoms with Crippen LogP contribution in [-0.4, -0.2) is 68.0 Å². The molecule has 2 fully saturated rings. The second-order valence-corrected chi connectivity index (χ2v) is 9.30. The summed E-state index contributed by atoms with van der Waals surface area (Å²) >= 11 is 6.08. The highest BCUT2D eigenvalue weighted by atomic mass is 35.5. The van der Waals surface area contributed by atoms with E-state index in [1.165, 1.54) is 6.33 Å². The predicted molar refractivity (Wildman–Crippen MR) is 99.1 cm³/mol. The molecule has 0 radical (unpaired) electrons. The Morgan fingerprint density at radius 3 is 2.72 bits per heavy atom. The van der Waals surface area contributed by atoms with Crippen LogP contribution in [0.5, 0.6) is 0 Å². The maximum Gasteiger partial charge on any atom is 0.422 e. The second-order valence-electron chi connectivity index (χ2n) is 7.48. The van der Waals surface area contributed by atoms with Crippen molar-refractivity contribution in [3.8, 4) is 0 Å². The van der Waals surface area contributed by atoms with Crippen molar-refractivity contribution in [1.82, 2.24) is 23.8 Å². The standard InChI is InChI=1S/C15H19ClN6O6S/c1-15(2)27-10-7(4-22(14(23)24)29(17,25)26)3-8(11(10)28-15)21-6-20-9-12(16)18-5-19-13(9)21/h5-8,10-11H,3-4H2,1-2H3,(H,23,24)(H2,17,25,26)/t7-,8-,10-,11+/m1/s1. The molecule has 2 aliphatic rings. The van der Waals surface area contributed by atoms with Crippen LogP contribution < -0.4 is 5.14 Å². The molecule has 1 aliphatic carbocycles. The van der Waals surface area contributed by atoms with E-state index in [2.05, 4.69) is 15.0 Å². The van der Waals surface area contributed by atoms with Crippen LogP contribution in [0.3, 0.4) is 0 Å². The number of nitrogens with zero attached hydrogens (tertiary/aromatic N) is 5. The van der Waals surface area contributed by atoms with E-state index in [1.807, 2.05) is 0 Å². The van der Waals surface area contributed by atoms with E-state index < -0.39 is 40.2 Å². The Morgan fingerprint density at radius 1 is 1.38 bits per heavy atom. The molecule has 3 heterocycles. The monoisotopic (exact) mass is 446 g/mol. The van der Waals surface area contributed by atoms with Crippen LogP contribution in [0.15, 0.2) is 12.7 Å². The van der Waals surface area contributed by atoms with Gasteiger partial charge in [0.15, 0.2) is 16.6 Å². The lowest BCUT2D eigenvalue weighted by molar-refractivity contribution is -0.160. The van der Waals surface area contributed by atoms with E-state index >= 15 is 0 Å². The number of hydrogen-bond donors (Lipinski definition) is 2. The molecule has 4 atom stereocenters. The molecule has 29 heavy (non-hydrogen) atoms. The summed E-state index contributed by atoms with van der Waals surface area (Å²) in [5, 5.41) is 14.6. The number of hydrogen-bond acceptors (Lipinski definition) is 8. The third-order valence-corrected chi connectivity index (χ3v) is 6.34. The Morgan fingerprint density at radius 2 is 2.07 bits per heavy atom. The Hall–Kier alpha value is -2.06. The number of imidazole rings is 1. The van der Waals surface area contributed by atoms with Gasteiger partial charge in [0.1, 0.15) is 17.9 Å². The summed E-state index contributed by atoms with van der Waals surface area (Å²) in [7, 11) is -4.44. The van der Waals surface area contributed by atoms with Crippen molar-refractivity contribution in [2.75, 3.05) is 6.54 Å². The molecule has 1 aliphatic heterocycles. The van der Waals surface area contributed by atoms with Crippen molar-refractivity contribution in [1.29, 1.82) is 0 Å². The molecule has 2 aromatic heterocycles. The smallest absolute Gasteiger partial charge is 0.422 e. The van der Waals surface area contributed by atoms with Crippen LogP contribution in [0.2, 0.25) is 5.15 Å². The Labute approximate surface area is 170 Å². The minimum absolute atomic E-state index is 0.204. The lowest BCUT2D eigenvalue weighted by Crippen LogP contribution is -2.45. The normalized spacial score (nSPS) is 28.6. The van der Waals surface area contributed by atoms with Crippen molar-refractivity contribution in [2.24, 2.45) is 11.1 Å². The first kappa shape index (κ1) is 20.2. The highest BCUT2D eigenvalue weighted by Gasteiger charge is 2.55. The van der Waals surface area contributed by atoms with Gasteiger partial charge in [0.2, 0.25) is 0 Å². The maximum absolute atomic E-state index is 11.7. The van der Waals surface area contributed by atoms with Crippen molar-refractivity contribution in [3.63, 3.8) is 0 Å². The number of nitrogens with two attached hydrogens (primary N) is 1. The van der Waals surface area contributed by atoms with Gasteiger partial charge in [0, 0.05) is 12.5 Å². The Bertz CT molecular complexity index is 1070. The number of ether oxygens (including phenoxy) is 2. The van der Waals surface area contributed by atoms with Gasteiger partial charge >= 0.3 is 16.3 Å². The zero-order valence-corrected chi connectivity index (χ0v) is 17.0. The summed E-state index contributed by atoms with van der Waals surface area (Å²) in [5.74, 6) is -1.42. The van der Waals surface area contributed by atoms with Gasteiger partial charge in [0.05, 0.1) is 18.5 Å². The SMILES string of the molecule is CC1(C)O[C@@H]2[C@@H](CN(C(=O)O)S(N)(=O)=O)C[C@@H](n3cnc4c(Cl)ncnc43)[C@@H]2O1. The van der Waals surface area contributed by atoms with Gasteiger partial charge in [-0.3, -0.25) is 0 Å². The zero-order valence-electron chi connectivity index (χ0n) is 15.5. The predicted octanol–water partition coefficient (Wildman–Crippen LogP) is 0.744. The number of rotatable bonds is 4. The van der Waals surface area contributed by atoms with Crippen LogP contribution in [0.4, 0.5) is 4.79 Å². The van der Waals surface area contributed by atoms with Crippen molar-refractivity contribution >= 4 is 39.1 Å². The second kappa shape index (κ2) is 6.74. The fraction of sp³-hybridized carbons (Fsp3) is 0.600. The first-order valence-corrected chi connectivity index (χ1v) is 10.6. The van der Waals surface area contributed by atoms with Crippen molar-refractivity contribution in [2.45, 2.75) is 44.3 Å². The number of fused-ring (bicyclic) bond motifs is 2. The molecule has 0 unspecified atom stereocenters. The average molecular weight is 447 g/mol. The molecule has 14 heteroatoms. The molecule has 0 aromatic carbocycles. The van der Waals surface area contributed by atoms with Crippen molar-refractivity contribution < 1.29 is 27.8 Å². The molecule has 0 spiro atoms. The number of carboxylic acid groups (broad SMARTS) is 1. The largest absolute Gasteiger partial charge is 0.464 e. The van der Waals surface area contributed by atoms with Crippen LogP contribution in [-0.2, 0) is 19.7 Å². The maximum atomic E-state index is 11.7. The third kappa shape index (κ3) is 3.53. The topological polar surface area (TPSA) is 163 Å². The zero-order chi connectivity index (χ0) is 21.1. The number of amides is 1. The van der Waals surface area contributed by atoms with Crippen LogP contribution in [0.1, 0.15) is 26.3 Å². The van der Waals surface area contributed by atoms with Crippen LogP contribution >= 0.6 is 11.6 Å². The first-order valence-electron chi connectivity index (χ1n) is 8.70. The molecule has 1 saturated carbocycles. The molecule has 3 N–H and O–H groups in total. The van der Waals surface area contributed by atoms with E-state index in [4.69, 9.17) is 26.2 Å². The van der Waals surface area contributed by atoms with Crippen LogP contribution in [0, 0.1) is 5.92 Å². The van der Waals surface area contributed by atoms with E-state index in [0.29, 0.717) is 17.6 Å². The lowest BCUT2D eigenvalue weighted by atomic mass is 10.1.